The van der Waals surface area contributed by atoms with E-state index in [0.717, 1.165) is 5.56 Å². The molecule has 1 aromatic carbocycles. The van der Waals surface area contributed by atoms with E-state index >= 15 is 0 Å². The van der Waals surface area contributed by atoms with Gasteiger partial charge < -0.3 is 10.2 Å². The largest absolute Gasteiger partial charge is 0.508 e. The highest BCUT2D eigenvalue weighted by atomic mass is 16.4. The second kappa shape index (κ2) is 6.01. The molecule has 0 fully saturated rings. The van der Waals surface area contributed by atoms with Crippen LogP contribution in [0.25, 0.3) is 11.3 Å². The molecule has 1 heterocycles. The van der Waals surface area contributed by atoms with Crippen molar-refractivity contribution < 1.29 is 15.0 Å². The van der Waals surface area contributed by atoms with Gasteiger partial charge in [0.15, 0.2) is 0 Å². The normalized spacial score (nSPS) is 10.4. The summed E-state index contributed by atoms with van der Waals surface area (Å²) in [6, 6.07) is 10.00. The van der Waals surface area contributed by atoms with E-state index in [2.05, 4.69) is 5.10 Å². The first kappa shape index (κ1) is 13.8. The van der Waals surface area contributed by atoms with Crippen LogP contribution < -0.4 is 5.49 Å². The summed E-state index contributed by atoms with van der Waals surface area (Å²) in [6.07, 6.45) is 0.465. The summed E-state index contributed by atoms with van der Waals surface area (Å²) in [6.45, 7) is 0.373. The lowest BCUT2D eigenvalue weighted by Crippen LogP contribution is -2.22. The summed E-state index contributed by atoms with van der Waals surface area (Å²) in [5, 5.41) is 30.2. The van der Waals surface area contributed by atoms with Gasteiger partial charge in [-0.25, -0.2) is 4.68 Å². The molecule has 0 saturated heterocycles. The van der Waals surface area contributed by atoms with Gasteiger partial charge in [0.25, 0.3) is 0 Å². The summed E-state index contributed by atoms with van der Waals surface area (Å²) in [4.78, 5) is 10.5. The van der Waals surface area contributed by atoms with E-state index in [1.165, 1.54) is 4.68 Å². The van der Waals surface area contributed by atoms with Crippen LogP contribution >= 0.6 is 0 Å². The predicted octanol–water partition coefficient (Wildman–Crippen LogP) is 1.60. The third kappa shape index (κ3) is 3.44. The first-order chi connectivity index (χ1) is 9.56. The Labute approximate surface area is 115 Å². The number of aromatic hydroxyl groups is 1. The molecule has 2 rings (SSSR count). The van der Waals surface area contributed by atoms with Gasteiger partial charge in [-0.2, -0.15) is 5.10 Å². The number of rotatable bonds is 5. The zero-order valence-corrected chi connectivity index (χ0v) is 10.8. The third-order valence-electron chi connectivity index (χ3n) is 2.81. The van der Waals surface area contributed by atoms with Crippen molar-refractivity contribution in [1.82, 2.24) is 9.78 Å². The monoisotopic (exact) mass is 273 g/mol. The van der Waals surface area contributed by atoms with Crippen molar-refractivity contribution in [2.75, 3.05) is 0 Å². The zero-order valence-electron chi connectivity index (χ0n) is 10.8. The van der Waals surface area contributed by atoms with Gasteiger partial charge >= 0.3 is 5.97 Å². The first-order valence-corrected chi connectivity index (χ1v) is 6.20. The van der Waals surface area contributed by atoms with E-state index in [9.17, 15) is 9.90 Å². The van der Waals surface area contributed by atoms with E-state index in [1.54, 1.807) is 30.3 Å². The second-order valence-electron chi connectivity index (χ2n) is 4.37. The molecule has 0 atom stereocenters. The minimum atomic E-state index is -0.860. The number of benzene rings is 1. The molecule has 2 aromatic rings. The standard InChI is InChI=1S/C14H15N3O3/c15-13-7-6-12(10-3-1-4-11(18)9-10)16-17(13)8-2-5-14(19)20/h1,3-4,6-7,9,15,18H,2,5,8H2,(H,19,20). The Balaban J connectivity index is 2.24. The molecule has 6 nitrogen and oxygen atoms in total. The molecule has 0 aliphatic heterocycles. The predicted molar refractivity (Wildman–Crippen MR) is 72.1 cm³/mol. The lowest BCUT2D eigenvalue weighted by molar-refractivity contribution is -0.137. The van der Waals surface area contributed by atoms with Crippen molar-refractivity contribution in [3.8, 4) is 17.0 Å². The number of aliphatic carboxylic acids is 1. The van der Waals surface area contributed by atoms with Crippen LogP contribution in [0.5, 0.6) is 5.75 Å². The molecule has 0 spiro atoms. The van der Waals surface area contributed by atoms with Gasteiger partial charge in [0.1, 0.15) is 11.2 Å². The quantitative estimate of drug-likeness (QED) is 0.770. The lowest BCUT2D eigenvalue weighted by atomic mass is 10.1. The maximum Gasteiger partial charge on any atom is 0.303 e. The van der Waals surface area contributed by atoms with Crippen molar-refractivity contribution in [3.63, 3.8) is 0 Å². The molecular formula is C14H15N3O3. The Morgan fingerprint density at radius 1 is 1.30 bits per heavy atom. The molecular weight excluding hydrogens is 258 g/mol. The van der Waals surface area contributed by atoms with Crippen molar-refractivity contribution in [3.05, 3.63) is 41.9 Å². The number of hydrogen-bond acceptors (Lipinski definition) is 4. The Morgan fingerprint density at radius 2 is 2.10 bits per heavy atom. The molecule has 6 heteroatoms. The van der Waals surface area contributed by atoms with Crippen LogP contribution in [0.15, 0.2) is 36.4 Å². The number of nitrogens with zero attached hydrogens (tertiary/aromatic N) is 2. The number of phenols is 1. The molecule has 0 amide bonds. The number of carboxylic acid groups (broad SMARTS) is 1. The Kier molecular flexibility index (Phi) is 4.14. The fraction of sp³-hybridized carbons (Fsp3) is 0.214. The summed E-state index contributed by atoms with van der Waals surface area (Å²) < 4.78 is 1.46. The van der Waals surface area contributed by atoms with Crippen LogP contribution in [0.1, 0.15) is 12.8 Å². The Hall–Kier alpha value is -2.63. The summed E-state index contributed by atoms with van der Waals surface area (Å²) >= 11 is 0. The van der Waals surface area contributed by atoms with Gasteiger partial charge in [-0.15, -0.1) is 0 Å². The van der Waals surface area contributed by atoms with Crippen molar-refractivity contribution >= 4 is 5.97 Å². The number of hydrogen-bond donors (Lipinski definition) is 3. The smallest absolute Gasteiger partial charge is 0.303 e. The molecule has 3 N–H and O–H groups in total. The third-order valence-corrected chi connectivity index (χ3v) is 2.81. The number of carbonyl (C=O) groups is 1. The summed E-state index contributed by atoms with van der Waals surface area (Å²) in [5.74, 6) is -0.710. The van der Waals surface area contributed by atoms with E-state index in [4.69, 9.17) is 10.5 Å². The number of carboxylic acids is 1. The van der Waals surface area contributed by atoms with Gasteiger partial charge in [-0.3, -0.25) is 10.2 Å². The van der Waals surface area contributed by atoms with E-state index in [-0.39, 0.29) is 17.7 Å². The SMILES string of the molecule is N=c1ccc(-c2cccc(O)c2)nn1CCCC(=O)O. The lowest BCUT2D eigenvalue weighted by Gasteiger charge is -2.08. The van der Waals surface area contributed by atoms with Crippen molar-refractivity contribution in [2.45, 2.75) is 19.4 Å². The summed E-state index contributed by atoms with van der Waals surface area (Å²) in [7, 11) is 0. The average Bonchev–Trinajstić information content (AvgIpc) is 2.40. The number of aryl methyl sites for hydroxylation is 1. The average molecular weight is 273 g/mol. The minimum absolute atomic E-state index is 0.0461. The minimum Gasteiger partial charge on any atom is -0.508 e. The van der Waals surface area contributed by atoms with Crippen LogP contribution in [0.2, 0.25) is 0 Å². The van der Waals surface area contributed by atoms with E-state index < -0.39 is 5.97 Å². The zero-order chi connectivity index (χ0) is 14.5. The Morgan fingerprint density at radius 3 is 2.80 bits per heavy atom. The Bertz CT molecular complexity index is 679. The van der Waals surface area contributed by atoms with E-state index in [1.807, 2.05) is 6.07 Å². The molecule has 0 radical (unpaired) electrons. The summed E-state index contributed by atoms with van der Waals surface area (Å²) in [5.41, 5.74) is 1.60. The molecule has 1 aromatic heterocycles. The highest BCUT2D eigenvalue weighted by molar-refractivity contribution is 5.66. The number of nitrogens with one attached hydrogen (secondary N) is 1. The molecule has 20 heavy (non-hydrogen) atoms. The molecule has 0 saturated carbocycles. The van der Waals surface area contributed by atoms with Gasteiger partial charge in [0.05, 0.1) is 5.69 Å². The number of aromatic nitrogens is 2. The van der Waals surface area contributed by atoms with Crippen molar-refractivity contribution in [1.29, 1.82) is 5.41 Å². The van der Waals surface area contributed by atoms with Crippen LogP contribution in [0.3, 0.4) is 0 Å². The van der Waals surface area contributed by atoms with Gasteiger partial charge in [0, 0.05) is 18.5 Å². The first-order valence-electron chi connectivity index (χ1n) is 6.20. The topological polar surface area (TPSA) is 99.2 Å². The molecule has 0 aliphatic rings. The van der Waals surface area contributed by atoms with Crippen molar-refractivity contribution in [2.24, 2.45) is 0 Å². The number of phenolic OH excluding ortho intramolecular Hbond substituents is 1. The van der Waals surface area contributed by atoms with Crippen LogP contribution in [0.4, 0.5) is 0 Å². The maximum atomic E-state index is 10.5. The molecule has 104 valence electrons. The highest BCUT2D eigenvalue weighted by Gasteiger charge is 2.04. The molecule has 0 bridgehead atoms. The maximum absolute atomic E-state index is 10.5. The van der Waals surface area contributed by atoms with Gasteiger partial charge in [0.2, 0.25) is 0 Å². The van der Waals surface area contributed by atoms with E-state index in [0.29, 0.717) is 18.7 Å². The van der Waals surface area contributed by atoms with Crippen LogP contribution in [-0.2, 0) is 11.3 Å². The van der Waals surface area contributed by atoms with Crippen LogP contribution in [-0.4, -0.2) is 26.0 Å². The molecule has 0 unspecified atom stereocenters. The molecule has 0 aliphatic carbocycles. The van der Waals surface area contributed by atoms with Gasteiger partial charge in [-0.05, 0) is 30.7 Å². The van der Waals surface area contributed by atoms with Gasteiger partial charge in [-0.1, -0.05) is 12.1 Å². The second-order valence-corrected chi connectivity index (χ2v) is 4.37. The fourth-order valence-corrected chi connectivity index (χ4v) is 1.83. The fourth-order valence-electron chi connectivity index (χ4n) is 1.83. The highest BCUT2D eigenvalue weighted by Crippen LogP contribution is 2.20. The van der Waals surface area contributed by atoms with Crippen LogP contribution in [0, 0.1) is 5.41 Å².